The molecule has 2 aliphatic carbocycles. The van der Waals surface area contributed by atoms with Gasteiger partial charge in [-0.3, -0.25) is 4.90 Å². The van der Waals surface area contributed by atoms with Gasteiger partial charge in [0.05, 0.1) is 11.2 Å². The molecule has 4 aliphatic rings. The van der Waals surface area contributed by atoms with Crippen molar-refractivity contribution in [2.24, 2.45) is 5.92 Å². The summed E-state index contributed by atoms with van der Waals surface area (Å²) in [6.07, 6.45) is 18.5. The third kappa shape index (κ3) is 6.49. The SMILES string of the molecule is C=C(NC(C)C1CCCCC1)c1c(CN2CCC(N3CCCCC3)CC2)c(-c2ccccc2)nc2cc3c(cc12)CCCC3. The first kappa shape index (κ1) is 30.0. The fourth-order valence-electron chi connectivity index (χ4n) is 8.92. The number of rotatable bonds is 8. The number of aryl methyl sites for hydroxylation is 2. The lowest BCUT2D eigenvalue weighted by Gasteiger charge is -2.40. The monoisotopic (exact) mass is 590 g/mol. The van der Waals surface area contributed by atoms with Crippen molar-refractivity contribution in [2.75, 3.05) is 26.2 Å². The van der Waals surface area contributed by atoms with Gasteiger partial charge in [0, 0.05) is 46.4 Å². The summed E-state index contributed by atoms with van der Waals surface area (Å²) in [5.41, 5.74) is 10.3. The second-order valence-corrected chi connectivity index (χ2v) is 14.4. The molecule has 2 saturated heterocycles. The number of likely N-dealkylation sites (tertiary alicyclic amines) is 2. The van der Waals surface area contributed by atoms with Crippen LogP contribution in [0.5, 0.6) is 0 Å². The Morgan fingerprint density at radius 2 is 1.52 bits per heavy atom. The number of fused-ring (bicyclic) bond motifs is 2. The van der Waals surface area contributed by atoms with E-state index in [9.17, 15) is 0 Å². The molecule has 1 aromatic heterocycles. The first-order valence-corrected chi connectivity index (χ1v) is 18.1. The zero-order chi connectivity index (χ0) is 29.9. The molecular weight excluding hydrogens is 536 g/mol. The average molecular weight is 591 g/mol. The Bertz CT molecular complexity index is 1430. The van der Waals surface area contributed by atoms with Crippen LogP contribution >= 0.6 is 0 Å². The lowest BCUT2D eigenvalue weighted by molar-refractivity contribution is 0.0896. The maximum Gasteiger partial charge on any atom is 0.0761 e. The van der Waals surface area contributed by atoms with Crippen molar-refractivity contribution in [1.82, 2.24) is 20.1 Å². The van der Waals surface area contributed by atoms with E-state index in [1.54, 1.807) is 0 Å². The minimum Gasteiger partial charge on any atom is -0.382 e. The molecule has 1 N–H and O–H groups in total. The van der Waals surface area contributed by atoms with Crippen LogP contribution in [0.15, 0.2) is 49.0 Å². The number of nitrogens with zero attached hydrogens (tertiary/aromatic N) is 3. The van der Waals surface area contributed by atoms with Gasteiger partial charge in [-0.2, -0.15) is 0 Å². The van der Waals surface area contributed by atoms with E-state index >= 15 is 0 Å². The molecule has 3 aromatic rings. The summed E-state index contributed by atoms with van der Waals surface area (Å²) in [6.45, 7) is 13.1. The predicted octanol–water partition coefficient (Wildman–Crippen LogP) is 8.76. The first-order chi connectivity index (χ1) is 21.6. The van der Waals surface area contributed by atoms with Crippen LogP contribution in [0.25, 0.3) is 27.9 Å². The van der Waals surface area contributed by atoms with Crippen molar-refractivity contribution in [3.8, 4) is 11.3 Å². The van der Waals surface area contributed by atoms with Crippen molar-refractivity contribution in [3.63, 3.8) is 0 Å². The molecule has 0 spiro atoms. The van der Waals surface area contributed by atoms with Crippen molar-refractivity contribution < 1.29 is 0 Å². The topological polar surface area (TPSA) is 31.4 Å². The Kier molecular flexibility index (Phi) is 9.37. The van der Waals surface area contributed by atoms with Gasteiger partial charge in [-0.15, -0.1) is 0 Å². The molecule has 0 bridgehead atoms. The standard InChI is InChI=1S/C40H54N4/c1-29(31-14-6-3-7-15-31)41-30(2)39-36-26-33-18-10-11-19-34(33)27-38(36)42-40(32-16-8-4-9-17-32)37(39)28-43-24-20-35(21-25-43)44-22-12-5-13-23-44/h4,8-9,16-17,26-27,29,31,35,41H,2-3,5-7,10-15,18-25,28H2,1H3. The number of aromatic nitrogens is 1. The van der Waals surface area contributed by atoms with Gasteiger partial charge >= 0.3 is 0 Å². The van der Waals surface area contributed by atoms with E-state index in [2.05, 4.69) is 64.5 Å². The van der Waals surface area contributed by atoms with E-state index in [0.29, 0.717) is 6.04 Å². The van der Waals surface area contributed by atoms with Crippen molar-refractivity contribution in [3.05, 3.63) is 71.3 Å². The molecule has 0 amide bonds. The summed E-state index contributed by atoms with van der Waals surface area (Å²) in [4.78, 5) is 11.0. The normalized spacial score (nSPS) is 21.7. The van der Waals surface area contributed by atoms with Crippen molar-refractivity contribution >= 4 is 16.6 Å². The quantitative estimate of drug-likeness (QED) is 0.284. The Morgan fingerprint density at radius 1 is 0.841 bits per heavy atom. The molecule has 234 valence electrons. The van der Waals surface area contributed by atoms with Crippen molar-refractivity contribution in [2.45, 2.75) is 115 Å². The van der Waals surface area contributed by atoms with Gasteiger partial charge in [-0.05, 0) is 126 Å². The highest BCUT2D eigenvalue weighted by molar-refractivity contribution is 5.96. The summed E-state index contributed by atoms with van der Waals surface area (Å²) in [6, 6.07) is 17.1. The molecule has 1 saturated carbocycles. The average Bonchev–Trinajstić information content (AvgIpc) is 3.08. The molecule has 4 heteroatoms. The highest BCUT2D eigenvalue weighted by Crippen LogP contribution is 2.38. The van der Waals surface area contributed by atoms with Gasteiger partial charge in [-0.25, -0.2) is 4.98 Å². The van der Waals surface area contributed by atoms with Crippen LogP contribution in [-0.4, -0.2) is 53.0 Å². The zero-order valence-electron chi connectivity index (χ0n) is 27.3. The number of hydrogen-bond donors (Lipinski definition) is 1. The van der Waals surface area contributed by atoms with Gasteiger partial charge in [0.25, 0.3) is 0 Å². The third-order valence-corrected chi connectivity index (χ3v) is 11.5. The van der Waals surface area contributed by atoms with Crippen LogP contribution in [0, 0.1) is 5.92 Å². The first-order valence-electron chi connectivity index (χ1n) is 18.1. The molecule has 1 atom stereocenters. The lowest BCUT2D eigenvalue weighted by Crippen LogP contribution is -2.46. The van der Waals surface area contributed by atoms with Crippen molar-refractivity contribution in [1.29, 1.82) is 0 Å². The molecule has 2 aliphatic heterocycles. The number of piperidine rings is 2. The second-order valence-electron chi connectivity index (χ2n) is 14.4. The van der Waals surface area contributed by atoms with E-state index in [1.807, 2.05) is 0 Å². The van der Waals surface area contributed by atoms with Crippen LogP contribution in [0.1, 0.15) is 106 Å². The largest absolute Gasteiger partial charge is 0.382 e. The van der Waals surface area contributed by atoms with Crippen LogP contribution in [0.4, 0.5) is 0 Å². The Hall–Kier alpha value is -2.69. The van der Waals surface area contributed by atoms with Gasteiger partial charge < -0.3 is 10.2 Å². The summed E-state index contributed by atoms with van der Waals surface area (Å²) < 4.78 is 0. The van der Waals surface area contributed by atoms with Gasteiger partial charge in [0.1, 0.15) is 0 Å². The maximum atomic E-state index is 5.52. The number of pyridine rings is 1. The van der Waals surface area contributed by atoms with Gasteiger partial charge in [-0.1, -0.05) is 62.6 Å². The smallest absolute Gasteiger partial charge is 0.0761 e. The highest BCUT2D eigenvalue weighted by atomic mass is 15.2. The predicted molar refractivity (Wildman–Crippen MR) is 186 cm³/mol. The van der Waals surface area contributed by atoms with Crippen LogP contribution in [-0.2, 0) is 19.4 Å². The Labute approximate surface area is 266 Å². The summed E-state index contributed by atoms with van der Waals surface area (Å²) in [5, 5.41) is 5.30. The fraction of sp³-hybridized carbons (Fsp3) is 0.575. The molecule has 44 heavy (non-hydrogen) atoms. The Balaban J connectivity index is 1.27. The fourth-order valence-corrected chi connectivity index (χ4v) is 8.92. The van der Waals surface area contributed by atoms with Gasteiger partial charge in [0.2, 0.25) is 0 Å². The number of benzene rings is 2. The molecule has 7 rings (SSSR count). The molecule has 1 unspecified atom stereocenters. The Morgan fingerprint density at radius 3 is 2.25 bits per heavy atom. The third-order valence-electron chi connectivity index (χ3n) is 11.5. The molecule has 4 nitrogen and oxygen atoms in total. The van der Waals surface area contributed by atoms with E-state index in [0.717, 1.165) is 48.5 Å². The van der Waals surface area contributed by atoms with E-state index < -0.39 is 0 Å². The minimum absolute atomic E-state index is 0.428. The van der Waals surface area contributed by atoms with Crippen LogP contribution < -0.4 is 5.32 Å². The second kappa shape index (κ2) is 13.7. The summed E-state index contributed by atoms with van der Waals surface area (Å²) >= 11 is 0. The number of nitrogens with one attached hydrogen (secondary N) is 1. The summed E-state index contributed by atoms with van der Waals surface area (Å²) in [7, 11) is 0. The van der Waals surface area contributed by atoms with Gasteiger partial charge in [0.15, 0.2) is 0 Å². The minimum atomic E-state index is 0.428. The van der Waals surface area contributed by atoms with E-state index in [4.69, 9.17) is 11.6 Å². The molecular formula is C40H54N4. The molecule has 3 fully saturated rings. The molecule has 2 aromatic carbocycles. The molecule has 3 heterocycles. The van der Waals surface area contributed by atoms with E-state index in [-0.39, 0.29) is 0 Å². The number of hydrogen-bond acceptors (Lipinski definition) is 4. The highest BCUT2D eigenvalue weighted by Gasteiger charge is 2.29. The maximum absolute atomic E-state index is 5.52. The van der Waals surface area contributed by atoms with E-state index in [1.165, 1.54) is 136 Å². The zero-order valence-corrected chi connectivity index (χ0v) is 27.3. The van der Waals surface area contributed by atoms with Crippen LogP contribution in [0.2, 0.25) is 0 Å². The summed E-state index contributed by atoms with van der Waals surface area (Å²) in [5.74, 6) is 0.729. The molecule has 0 radical (unpaired) electrons. The lowest BCUT2D eigenvalue weighted by atomic mass is 9.84. The van der Waals surface area contributed by atoms with Crippen LogP contribution in [0.3, 0.4) is 0 Å².